The Labute approximate surface area is 108 Å². The Hall–Kier alpha value is -1.45. The van der Waals surface area contributed by atoms with Crippen LogP contribution in [0.3, 0.4) is 0 Å². The lowest BCUT2D eigenvalue weighted by Crippen LogP contribution is -2.64. The van der Waals surface area contributed by atoms with Crippen molar-refractivity contribution < 1.29 is 34.4 Å². The second-order valence-corrected chi connectivity index (χ2v) is 4.24. The van der Waals surface area contributed by atoms with Gasteiger partial charge in [-0.25, -0.2) is 0 Å². The number of aliphatic hydroxyl groups excluding tert-OH is 4. The highest BCUT2D eigenvalue weighted by molar-refractivity contribution is 5.94. The molecule has 1 aliphatic heterocycles. The summed E-state index contributed by atoms with van der Waals surface area (Å²) in [5.41, 5.74) is 0.207. The number of amides is 1. The average molecular weight is 273 g/mol. The van der Waals surface area contributed by atoms with E-state index in [1.807, 2.05) is 0 Å². The fourth-order valence-electron chi connectivity index (χ4n) is 1.88. The van der Waals surface area contributed by atoms with Crippen LogP contribution in [0.5, 0.6) is 0 Å². The number of furan rings is 1. The van der Waals surface area contributed by atoms with E-state index in [0.717, 1.165) is 0 Å². The van der Waals surface area contributed by atoms with Gasteiger partial charge in [-0.3, -0.25) is 4.79 Å². The van der Waals surface area contributed by atoms with Gasteiger partial charge in [-0.15, -0.1) is 0 Å². The molecular formula is C11H15NO7. The fourth-order valence-corrected chi connectivity index (χ4v) is 1.88. The molecule has 1 fully saturated rings. The zero-order valence-corrected chi connectivity index (χ0v) is 9.84. The van der Waals surface area contributed by atoms with E-state index in [0.29, 0.717) is 0 Å². The molecule has 19 heavy (non-hydrogen) atoms. The molecule has 1 aromatic heterocycles. The highest BCUT2D eigenvalue weighted by atomic mass is 16.6. The largest absolute Gasteiger partial charge is 0.472 e. The standard InChI is InChI=1S/C11H15NO7/c13-3-6-8(14)9(15)7(11(17)19-6)12-10(16)5-1-2-18-4-5/h1-2,4,6-9,11,13-15,17H,3H2,(H,12,16)/t6-,7-,8?,9-,11?/m1/s1. The number of rotatable bonds is 3. The van der Waals surface area contributed by atoms with Crippen LogP contribution in [0.25, 0.3) is 0 Å². The summed E-state index contributed by atoms with van der Waals surface area (Å²) < 4.78 is 9.64. The van der Waals surface area contributed by atoms with Gasteiger partial charge in [0.2, 0.25) is 0 Å². The lowest BCUT2D eigenvalue weighted by molar-refractivity contribution is -0.252. The molecule has 1 saturated heterocycles. The van der Waals surface area contributed by atoms with Gasteiger partial charge in [0.1, 0.15) is 30.6 Å². The Balaban J connectivity index is 2.05. The molecule has 0 aromatic carbocycles. The first-order valence-corrected chi connectivity index (χ1v) is 5.68. The van der Waals surface area contributed by atoms with Crippen LogP contribution in [0.15, 0.2) is 23.0 Å². The summed E-state index contributed by atoms with van der Waals surface area (Å²) in [6.45, 7) is -0.558. The van der Waals surface area contributed by atoms with Crippen molar-refractivity contribution in [2.45, 2.75) is 30.6 Å². The summed E-state index contributed by atoms with van der Waals surface area (Å²) in [7, 11) is 0. The number of carbonyl (C=O) groups is 1. The number of aliphatic hydroxyl groups is 4. The second kappa shape index (κ2) is 5.68. The molecule has 106 valence electrons. The third-order valence-corrected chi connectivity index (χ3v) is 2.98. The second-order valence-electron chi connectivity index (χ2n) is 4.24. The number of hydrogen-bond donors (Lipinski definition) is 5. The van der Waals surface area contributed by atoms with Crippen LogP contribution >= 0.6 is 0 Å². The van der Waals surface area contributed by atoms with Crippen LogP contribution in [-0.4, -0.2) is 63.6 Å². The molecule has 0 radical (unpaired) electrons. The predicted molar refractivity (Wildman–Crippen MR) is 59.9 cm³/mol. The molecule has 0 bridgehead atoms. The first kappa shape index (κ1) is 14.0. The molecular weight excluding hydrogens is 258 g/mol. The Morgan fingerprint density at radius 2 is 2.05 bits per heavy atom. The quantitative estimate of drug-likeness (QED) is 0.422. The lowest BCUT2D eigenvalue weighted by Gasteiger charge is -2.40. The topological polar surface area (TPSA) is 132 Å². The van der Waals surface area contributed by atoms with E-state index in [1.165, 1.54) is 18.6 Å². The molecule has 8 heteroatoms. The Morgan fingerprint density at radius 1 is 1.32 bits per heavy atom. The highest BCUT2D eigenvalue weighted by Crippen LogP contribution is 2.20. The van der Waals surface area contributed by atoms with Gasteiger partial charge in [-0.05, 0) is 6.07 Å². The molecule has 0 saturated carbocycles. The van der Waals surface area contributed by atoms with Crippen molar-refractivity contribution in [2.75, 3.05) is 6.61 Å². The first-order chi connectivity index (χ1) is 9.04. The number of nitrogens with one attached hydrogen (secondary N) is 1. The van der Waals surface area contributed by atoms with E-state index in [4.69, 9.17) is 14.3 Å². The molecule has 5 N–H and O–H groups in total. The van der Waals surface area contributed by atoms with E-state index >= 15 is 0 Å². The molecule has 0 aliphatic carbocycles. The minimum atomic E-state index is -1.54. The minimum absolute atomic E-state index is 0.207. The lowest BCUT2D eigenvalue weighted by atomic mass is 9.97. The maximum Gasteiger partial charge on any atom is 0.255 e. The van der Waals surface area contributed by atoms with Crippen molar-refractivity contribution in [3.63, 3.8) is 0 Å². The summed E-state index contributed by atoms with van der Waals surface area (Å²) in [4.78, 5) is 11.7. The van der Waals surface area contributed by atoms with Crippen LogP contribution in [0.4, 0.5) is 0 Å². The van der Waals surface area contributed by atoms with E-state index in [9.17, 15) is 20.1 Å². The number of carbonyl (C=O) groups excluding carboxylic acids is 1. The van der Waals surface area contributed by atoms with Crippen molar-refractivity contribution in [2.24, 2.45) is 0 Å². The van der Waals surface area contributed by atoms with Crippen LogP contribution < -0.4 is 5.32 Å². The molecule has 2 rings (SSSR count). The molecule has 2 heterocycles. The maximum absolute atomic E-state index is 11.7. The third kappa shape index (κ3) is 2.77. The Bertz CT molecular complexity index is 421. The van der Waals surface area contributed by atoms with Crippen molar-refractivity contribution in [3.8, 4) is 0 Å². The molecule has 1 aliphatic rings. The number of ether oxygens (including phenoxy) is 1. The molecule has 5 atom stereocenters. The summed E-state index contributed by atoms with van der Waals surface area (Å²) in [6.07, 6.45) is -3.01. The van der Waals surface area contributed by atoms with Gasteiger partial charge in [-0.1, -0.05) is 0 Å². The predicted octanol–water partition coefficient (Wildman–Crippen LogP) is -2.19. The van der Waals surface area contributed by atoms with Crippen LogP contribution in [-0.2, 0) is 4.74 Å². The normalized spacial score (nSPS) is 35.1. The van der Waals surface area contributed by atoms with E-state index in [-0.39, 0.29) is 5.56 Å². The Kier molecular flexibility index (Phi) is 4.17. The highest BCUT2D eigenvalue weighted by Gasteiger charge is 2.44. The smallest absolute Gasteiger partial charge is 0.255 e. The monoisotopic (exact) mass is 273 g/mol. The fraction of sp³-hybridized carbons (Fsp3) is 0.545. The zero-order chi connectivity index (χ0) is 14.0. The van der Waals surface area contributed by atoms with E-state index < -0.39 is 43.2 Å². The SMILES string of the molecule is O=C(N[C@H]1C(O)O[C@H](CO)C(O)[C@@H]1O)c1ccoc1. The average Bonchev–Trinajstić information content (AvgIpc) is 2.92. The van der Waals surface area contributed by atoms with Crippen LogP contribution in [0.2, 0.25) is 0 Å². The van der Waals surface area contributed by atoms with Crippen LogP contribution in [0, 0.1) is 0 Å². The molecule has 8 nitrogen and oxygen atoms in total. The van der Waals surface area contributed by atoms with Crippen LogP contribution in [0.1, 0.15) is 10.4 Å². The van der Waals surface area contributed by atoms with Crippen molar-refractivity contribution in [1.29, 1.82) is 0 Å². The first-order valence-electron chi connectivity index (χ1n) is 5.68. The zero-order valence-electron chi connectivity index (χ0n) is 9.84. The van der Waals surface area contributed by atoms with Crippen molar-refractivity contribution >= 4 is 5.91 Å². The van der Waals surface area contributed by atoms with E-state index in [1.54, 1.807) is 0 Å². The van der Waals surface area contributed by atoms with Gasteiger partial charge in [0.05, 0.1) is 18.4 Å². The van der Waals surface area contributed by atoms with Gasteiger partial charge in [0.25, 0.3) is 5.91 Å². The van der Waals surface area contributed by atoms with Gasteiger partial charge in [0.15, 0.2) is 6.29 Å². The number of hydrogen-bond acceptors (Lipinski definition) is 7. The van der Waals surface area contributed by atoms with Gasteiger partial charge in [0, 0.05) is 0 Å². The molecule has 1 amide bonds. The molecule has 2 unspecified atom stereocenters. The van der Waals surface area contributed by atoms with Gasteiger partial charge >= 0.3 is 0 Å². The summed E-state index contributed by atoms with van der Waals surface area (Å²) in [5.74, 6) is -0.588. The third-order valence-electron chi connectivity index (χ3n) is 2.98. The van der Waals surface area contributed by atoms with Crippen molar-refractivity contribution in [1.82, 2.24) is 5.32 Å². The van der Waals surface area contributed by atoms with Crippen molar-refractivity contribution in [3.05, 3.63) is 24.2 Å². The maximum atomic E-state index is 11.7. The van der Waals surface area contributed by atoms with Gasteiger partial charge in [-0.2, -0.15) is 0 Å². The summed E-state index contributed by atoms with van der Waals surface area (Å²) in [5, 5.41) is 40.4. The molecule has 0 spiro atoms. The van der Waals surface area contributed by atoms with Gasteiger partial charge < -0.3 is 34.9 Å². The Morgan fingerprint density at radius 3 is 2.63 bits per heavy atom. The molecule has 1 aromatic rings. The summed E-state index contributed by atoms with van der Waals surface area (Å²) in [6, 6.07) is 0.199. The minimum Gasteiger partial charge on any atom is -0.472 e. The van der Waals surface area contributed by atoms with E-state index in [2.05, 4.69) is 5.32 Å². The summed E-state index contributed by atoms with van der Waals surface area (Å²) >= 11 is 0.